The molecular weight excluding hydrogens is 164 g/mol. The van der Waals surface area contributed by atoms with Gasteiger partial charge in [-0.05, 0) is 33.6 Å². The van der Waals surface area contributed by atoms with Crippen LogP contribution in [-0.4, -0.2) is 17.5 Å². The van der Waals surface area contributed by atoms with Gasteiger partial charge in [-0.3, -0.25) is 4.79 Å². The number of rotatable bonds is 1. The van der Waals surface area contributed by atoms with Gasteiger partial charge in [0.15, 0.2) is 0 Å². The summed E-state index contributed by atoms with van der Waals surface area (Å²) < 4.78 is 5.88. The van der Waals surface area contributed by atoms with Crippen molar-refractivity contribution >= 4 is 5.78 Å². The first-order chi connectivity index (χ1) is 5.94. The van der Waals surface area contributed by atoms with Crippen molar-refractivity contribution in [1.82, 2.24) is 0 Å². The average Bonchev–Trinajstić information content (AvgIpc) is 1.78. The van der Waals surface area contributed by atoms with Crippen LogP contribution >= 0.6 is 0 Å². The maximum absolute atomic E-state index is 11.5. The van der Waals surface area contributed by atoms with E-state index in [4.69, 9.17) is 4.74 Å². The third-order valence-electron chi connectivity index (χ3n) is 3.28. The standard InChI is InChI=1S/C11H18O2/c1-10(2,3)13-9-7-8(12)11(9)5-4-6-11/h9H,4-7H2,1-3H3. The second-order valence-corrected chi connectivity index (χ2v) is 5.36. The fourth-order valence-corrected chi connectivity index (χ4v) is 2.36. The Bertz CT molecular complexity index is 233. The Morgan fingerprint density at radius 2 is 2.00 bits per heavy atom. The van der Waals surface area contributed by atoms with E-state index in [1.807, 2.05) is 0 Å². The summed E-state index contributed by atoms with van der Waals surface area (Å²) in [6.45, 7) is 6.17. The van der Waals surface area contributed by atoms with Crippen LogP contribution in [0.5, 0.6) is 0 Å². The van der Waals surface area contributed by atoms with Gasteiger partial charge >= 0.3 is 0 Å². The number of ketones is 1. The van der Waals surface area contributed by atoms with Crippen molar-refractivity contribution in [1.29, 1.82) is 0 Å². The van der Waals surface area contributed by atoms with Crippen molar-refractivity contribution in [3.63, 3.8) is 0 Å². The summed E-state index contributed by atoms with van der Waals surface area (Å²) in [4.78, 5) is 11.5. The summed E-state index contributed by atoms with van der Waals surface area (Å²) in [5, 5.41) is 0. The summed E-state index contributed by atoms with van der Waals surface area (Å²) in [6.07, 6.45) is 4.19. The predicted molar refractivity (Wildman–Crippen MR) is 50.5 cm³/mol. The van der Waals surface area contributed by atoms with Crippen molar-refractivity contribution in [2.24, 2.45) is 5.41 Å². The lowest BCUT2D eigenvalue weighted by atomic mass is 9.53. The summed E-state index contributed by atoms with van der Waals surface area (Å²) in [6, 6.07) is 0. The molecule has 0 bridgehead atoms. The van der Waals surface area contributed by atoms with E-state index < -0.39 is 0 Å². The summed E-state index contributed by atoms with van der Waals surface area (Å²) in [7, 11) is 0. The Kier molecular flexibility index (Phi) is 1.82. The fourth-order valence-electron chi connectivity index (χ4n) is 2.36. The number of hydrogen-bond acceptors (Lipinski definition) is 2. The molecule has 2 rings (SSSR count). The molecule has 2 fully saturated rings. The first-order valence-electron chi connectivity index (χ1n) is 5.15. The molecule has 0 heterocycles. The fraction of sp³-hybridized carbons (Fsp3) is 0.909. The third kappa shape index (κ3) is 1.32. The maximum atomic E-state index is 11.5. The van der Waals surface area contributed by atoms with Crippen molar-refractivity contribution in [3.05, 3.63) is 0 Å². The van der Waals surface area contributed by atoms with Crippen LogP contribution in [0.2, 0.25) is 0 Å². The van der Waals surface area contributed by atoms with E-state index in [1.54, 1.807) is 0 Å². The first kappa shape index (κ1) is 9.20. The number of ether oxygens (including phenoxy) is 1. The smallest absolute Gasteiger partial charge is 0.144 e. The molecule has 0 aromatic rings. The summed E-state index contributed by atoms with van der Waals surface area (Å²) >= 11 is 0. The zero-order valence-corrected chi connectivity index (χ0v) is 8.72. The zero-order chi connectivity index (χ0) is 9.69. The van der Waals surface area contributed by atoms with Gasteiger partial charge in [0, 0.05) is 6.42 Å². The number of hydrogen-bond donors (Lipinski definition) is 0. The van der Waals surface area contributed by atoms with E-state index in [2.05, 4.69) is 20.8 Å². The minimum absolute atomic E-state index is 0.0344. The molecule has 13 heavy (non-hydrogen) atoms. The molecule has 0 aliphatic heterocycles. The molecule has 0 radical (unpaired) electrons. The predicted octanol–water partition coefficient (Wildman–Crippen LogP) is 2.31. The molecular formula is C11H18O2. The largest absolute Gasteiger partial charge is 0.371 e. The Labute approximate surface area is 79.7 Å². The second kappa shape index (κ2) is 2.57. The van der Waals surface area contributed by atoms with Gasteiger partial charge in [0.1, 0.15) is 5.78 Å². The SMILES string of the molecule is CC(C)(C)OC1CC(=O)C12CCC2. The van der Waals surface area contributed by atoms with Crippen LogP contribution < -0.4 is 0 Å². The number of Topliss-reactive ketones (excluding diaryl/α,β-unsaturated/α-hetero) is 1. The topological polar surface area (TPSA) is 26.3 Å². The summed E-state index contributed by atoms with van der Waals surface area (Å²) in [5.41, 5.74) is -0.138. The van der Waals surface area contributed by atoms with Crippen LogP contribution in [0.25, 0.3) is 0 Å². The van der Waals surface area contributed by atoms with Gasteiger partial charge in [-0.15, -0.1) is 0 Å². The van der Waals surface area contributed by atoms with Gasteiger partial charge in [0.05, 0.1) is 17.1 Å². The van der Waals surface area contributed by atoms with E-state index in [9.17, 15) is 4.79 Å². The van der Waals surface area contributed by atoms with E-state index >= 15 is 0 Å². The average molecular weight is 182 g/mol. The third-order valence-corrected chi connectivity index (χ3v) is 3.28. The van der Waals surface area contributed by atoms with Gasteiger partial charge in [0.25, 0.3) is 0 Å². The first-order valence-corrected chi connectivity index (χ1v) is 5.15. The van der Waals surface area contributed by atoms with Crippen LogP contribution in [-0.2, 0) is 9.53 Å². The Morgan fingerprint density at radius 3 is 2.31 bits per heavy atom. The second-order valence-electron chi connectivity index (χ2n) is 5.36. The van der Waals surface area contributed by atoms with Crippen molar-refractivity contribution in [2.45, 2.75) is 58.2 Å². The molecule has 0 aromatic heterocycles. The maximum Gasteiger partial charge on any atom is 0.144 e. The highest BCUT2D eigenvalue weighted by atomic mass is 16.5. The van der Waals surface area contributed by atoms with Gasteiger partial charge in [0.2, 0.25) is 0 Å². The molecule has 1 unspecified atom stereocenters. The van der Waals surface area contributed by atoms with Gasteiger partial charge in [-0.2, -0.15) is 0 Å². The van der Waals surface area contributed by atoms with Gasteiger partial charge in [-0.25, -0.2) is 0 Å². The van der Waals surface area contributed by atoms with Gasteiger partial charge in [-0.1, -0.05) is 6.42 Å². The molecule has 0 amide bonds. The molecule has 1 atom stereocenters. The monoisotopic (exact) mass is 182 g/mol. The van der Waals surface area contributed by atoms with E-state index in [0.29, 0.717) is 12.2 Å². The van der Waals surface area contributed by atoms with Crippen LogP contribution in [0.1, 0.15) is 46.5 Å². The molecule has 2 heteroatoms. The Morgan fingerprint density at radius 1 is 1.38 bits per heavy atom. The van der Waals surface area contributed by atoms with E-state index in [1.165, 1.54) is 6.42 Å². The normalized spacial score (nSPS) is 31.3. The molecule has 0 N–H and O–H groups in total. The minimum atomic E-state index is -0.103. The van der Waals surface area contributed by atoms with Crippen molar-refractivity contribution in [2.75, 3.05) is 0 Å². The highest BCUT2D eigenvalue weighted by Gasteiger charge is 2.59. The van der Waals surface area contributed by atoms with E-state index in [-0.39, 0.29) is 17.1 Å². The van der Waals surface area contributed by atoms with Crippen LogP contribution in [0, 0.1) is 5.41 Å². The van der Waals surface area contributed by atoms with Crippen LogP contribution in [0.3, 0.4) is 0 Å². The van der Waals surface area contributed by atoms with Crippen molar-refractivity contribution < 1.29 is 9.53 Å². The molecule has 2 aliphatic carbocycles. The molecule has 74 valence electrons. The summed E-state index contributed by atoms with van der Waals surface area (Å²) in [5.74, 6) is 0.438. The number of carbonyl (C=O) groups is 1. The molecule has 2 aliphatic rings. The van der Waals surface area contributed by atoms with Crippen LogP contribution in [0.15, 0.2) is 0 Å². The molecule has 2 nitrogen and oxygen atoms in total. The highest BCUT2D eigenvalue weighted by molar-refractivity contribution is 5.93. The molecule has 0 aromatic carbocycles. The quantitative estimate of drug-likeness (QED) is 0.622. The Hall–Kier alpha value is -0.370. The lowest BCUT2D eigenvalue weighted by Crippen LogP contribution is -2.60. The lowest BCUT2D eigenvalue weighted by Gasteiger charge is -2.54. The van der Waals surface area contributed by atoms with Crippen molar-refractivity contribution in [3.8, 4) is 0 Å². The van der Waals surface area contributed by atoms with E-state index in [0.717, 1.165) is 12.8 Å². The molecule has 2 saturated carbocycles. The molecule has 0 saturated heterocycles. The molecule has 1 spiro atoms. The Balaban J connectivity index is 1.99. The lowest BCUT2D eigenvalue weighted by molar-refractivity contribution is -0.197. The highest BCUT2D eigenvalue weighted by Crippen LogP contribution is 2.55. The zero-order valence-electron chi connectivity index (χ0n) is 8.72. The van der Waals surface area contributed by atoms with Gasteiger partial charge < -0.3 is 4.74 Å². The minimum Gasteiger partial charge on any atom is -0.371 e. The number of carbonyl (C=O) groups excluding carboxylic acids is 1. The van der Waals surface area contributed by atoms with Crippen LogP contribution in [0.4, 0.5) is 0 Å².